The van der Waals surface area contributed by atoms with E-state index in [0.717, 1.165) is 43.9 Å². The number of hydrogen-bond donors (Lipinski definition) is 1. The standard InChI is InChI=1S/C21H24ClN3O3/c22-19-5-1-17(2-6-19)9-10-23-21(26)16-28-24-15-18-3-7-20(8-4-18)25-11-13-27-14-12-25/h1-8,15H,9-14,16H2,(H,23,26)/b24-15+. The molecule has 2 aromatic carbocycles. The Hall–Kier alpha value is -2.57. The topological polar surface area (TPSA) is 63.2 Å². The highest BCUT2D eigenvalue weighted by Crippen LogP contribution is 2.16. The van der Waals surface area contributed by atoms with Gasteiger partial charge < -0.3 is 19.8 Å². The average molecular weight is 402 g/mol. The van der Waals surface area contributed by atoms with Crippen LogP contribution in [-0.2, 0) is 20.8 Å². The summed E-state index contributed by atoms with van der Waals surface area (Å²) in [5.41, 5.74) is 3.20. The third-order valence-corrected chi connectivity index (χ3v) is 4.64. The predicted octanol–water partition coefficient (Wildman–Crippen LogP) is 2.89. The monoisotopic (exact) mass is 401 g/mol. The van der Waals surface area contributed by atoms with Gasteiger partial charge in [0.15, 0.2) is 6.61 Å². The summed E-state index contributed by atoms with van der Waals surface area (Å²) in [6.45, 7) is 3.77. The number of amides is 1. The fourth-order valence-electron chi connectivity index (χ4n) is 2.84. The van der Waals surface area contributed by atoms with Crippen molar-refractivity contribution in [1.82, 2.24) is 5.32 Å². The van der Waals surface area contributed by atoms with Gasteiger partial charge in [0.2, 0.25) is 0 Å². The number of halogens is 1. The molecule has 0 unspecified atom stereocenters. The summed E-state index contributed by atoms with van der Waals surface area (Å²) in [5.74, 6) is -0.200. The molecule has 28 heavy (non-hydrogen) atoms. The molecule has 1 aliphatic heterocycles. The van der Waals surface area contributed by atoms with Gasteiger partial charge in [-0.2, -0.15) is 0 Å². The molecule has 0 atom stereocenters. The number of morpholine rings is 1. The molecule has 0 aromatic heterocycles. The van der Waals surface area contributed by atoms with Crippen LogP contribution in [0.2, 0.25) is 5.02 Å². The van der Waals surface area contributed by atoms with Crippen molar-refractivity contribution in [1.29, 1.82) is 0 Å². The third kappa shape index (κ3) is 6.55. The molecule has 0 bridgehead atoms. The smallest absolute Gasteiger partial charge is 0.260 e. The highest BCUT2D eigenvalue weighted by Gasteiger charge is 2.10. The molecule has 1 saturated heterocycles. The number of carbonyl (C=O) groups excluding carboxylic acids is 1. The van der Waals surface area contributed by atoms with Gasteiger partial charge in [0, 0.05) is 30.3 Å². The van der Waals surface area contributed by atoms with Crippen molar-refractivity contribution < 1.29 is 14.4 Å². The molecule has 0 spiro atoms. The Labute approximate surface area is 170 Å². The van der Waals surface area contributed by atoms with Crippen molar-refractivity contribution in [3.63, 3.8) is 0 Å². The molecule has 1 N–H and O–H groups in total. The zero-order valence-electron chi connectivity index (χ0n) is 15.6. The van der Waals surface area contributed by atoms with E-state index < -0.39 is 0 Å². The highest BCUT2D eigenvalue weighted by atomic mass is 35.5. The second-order valence-electron chi connectivity index (χ2n) is 6.43. The molecule has 1 amide bonds. The minimum absolute atomic E-state index is 0.108. The fourth-order valence-corrected chi connectivity index (χ4v) is 2.96. The van der Waals surface area contributed by atoms with E-state index in [1.54, 1.807) is 6.21 Å². The average Bonchev–Trinajstić information content (AvgIpc) is 2.74. The Morgan fingerprint density at radius 2 is 1.86 bits per heavy atom. The second kappa shape index (κ2) is 10.7. The van der Waals surface area contributed by atoms with Gasteiger partial charge in [-0.25, -0.2) is 0 Å². The maximum Gasteiger partial charge on any atom is 0.260 e. The molecule has 0 radical (unpaired) electrons. The normalized spacial score (nSPS) is 14.2. The van der Waals surface area contributed by atoms with Crippen LogP contribution in [0.15, 0.2) is 53.7 Å². The van der Waals surface area contributed by atoms with Crippen LogP contribution < -0.4 is 10.2 Å². The van der Waals surface area contributed by atoms with Crippen molar-refractivity contribution in [2.24, 2.45) is 5.16 Å². The first-order valence-electron chi connectivity index (χ1n) is 9.30. The molecule has 6 nitrogen and oxygen atoms in total. The first-order valence-corrected chi connectivity index (χ1v) is 9.68. The van der Waals surface area contributed by atoms with Crippen LogP contribution in [-0.4, -0.2) is 51.6 Å². The fraction of sp³-hybridized carbons (Fsp3) is 0.333. The number of benzene rings is 2. The zero-order valence-corrected chi connectivity index (χ0v) is 16.4. The summed E-state index contributed by atoms with van der Waals surface area (Å²) >= 11 is 5.85. The predicted molar refractivity (Wildman–Crippen MR) is 111 cm³/mol. The first kappa shape index (κ1) is 20.2. The quantitative estimate of drug-likeness (QED) is 0.545. The van der Waals surface area contributed by atoms with Crippen molar-refractivity contribution in [2.75, 3.05) is 44.4 Å². The Bertz CT molecular complexity index is 772. The SMILES string of the molecule is O=C(CO/N=C/c1ccc(N2CCOCC2)cc1)NCCc1ccc(Cl)cc1. The lowest BCUT2D eigenvalue weighted by Crippen LogP contribution is -2.36. The highest BCUT2D eigenvalue weighted by molar-refractivity contribution is 6.30. The van der Waals surface area contributed by atoms with Gasteiger partial charge in [-0.1, -0.05) is 41.0 Å². The van der Waals surface area contributed by atoms with Gasteiger partial charge in [0.05, 0.1) is 19.4 Å². The van der Waals surface area contributed by atoms with E-state index in [2.05, 4.69) is 27.5 Å². The molecule has 1 fully saturated rings. The van der Waals surface area contributed by atoms with Crippen LogP contribution in [0, 0.1) is 0 Å². The van der Waals surface area contributed by atoms with E-state index in [1.807, 2.05) is 36.4 Å². The Morgan fingerprint density at radius 1 is 1.14 bits per heavy atom. The molecule has 0 saturated carbocycles. The molecular formula is C21H24ClN3O3. The van der Waals surface area contributed by atoms with Crippen molar-refractivity contribution >= 4 is 29.4 Å². The Balaban J connectivity index is 1.34. The maximum absolute atomic E-state index is 11.8. The van der Waals surface area contributed by atoms with Gasteiger partial charge in [0.1, 0.15) is 0 Å². The number of ether oxygens (including phenoxy) is 1. The summed E-state index contributed by atoms with van der Waals surface area (Å²) in [6, 6.07) is 15.6. The van der Waals surface area contributed by atoms with E-state index in [4.69, 9.17) is 21.2 Å². The zero-order chi connectivity index (χ0) is 19.6. The summed E-state index contributed by atoms with van der Waals surface area (Å²) < 4.78 is 5.36. The van der Waals surface area contributed by atoms with Crippen molar-refractivity contribution in [3.05, 3.63) is 64.7 Å². The Kier molecular flexibility index (Phi) is 7.70. The van der Waals surface area contributed by atoms with Crippen LogP contribution in [0.5, 0.6) is 0 Å². The summed E-state index contributed by atoms with van der Waals surface area (Å²) in [7, 11) is 0. The van der Waals surface area contributed by atoms with Gasteiger partial charge in [-0.3, -0.25) is 4.79 Å². The van der Waals surface area contributed by atoms with E-state index >= 15 is 0 Å². The number of carbonyl (C=O) groups is 1. The minimum Gasteiger partial charge on any atom is -0.386 e. The summed E-state index contributed by atoms with van der Waals surface area (Å²) in [6.07, 6.45) is 2.34. The molecule has 7 heteroatoms. The van der Waals surface area contributed by atoms with Crippen LogP contribution in [0.4, 0.5) is 5.69 Å². The van der Waals surface area contributed by atoms with Gasteiger partial charge in [0.25, 0.3) is 5.91 Å². The number of hydrogen-bond acceptors (Lipinski definition) is 5. The lowest BCUT2D eigenvalue weighted by molar-refractivity contribution is -0.125. The minimum atomic E-state index is -0.200. The number of nitrogens with one attached hydrogen (secondary N) is 1. The molecule has 1 heterocycles. The Morgan fingerprint density at radius 3 is 2.57 bits per heavy atom. The van der Waals surface area contributed by atoms with E-state index in [0.29, 0.717) is 11.6 Å². The number of anilines is 1. The molecule has 3 rings (SSSR count). The van der Waals surface area contributed by atoms with Gasteiger partial charge >= 0.3 is 0 Å². The van der Waals surface area contributed by atoms with Crippen LogP contribution in [0.1, 0.15) is 11.1 Å². The molecule has 2 aromatic rings. The molecule has 1 aliphatic rings. The molecule has 0 aliphatic carbocycles. The largest absolute Gasteiger partial charge is 0.386 e. The number of nitrogens with zero attached hydrogens (tertiary/aromatic N) is 2. The maximum atomic E-state index is 11.8. The van der Waals surface area contributed by atoms with Crippen molar-refractivity contribution in [3.8, 4) is 0 Å². The molecule has 148 valence electrons. The first-order chi connectivity index (χ1) is 13.7. The lowest BCUT2D eigenvalue weighted by atomic mass is 10.1. The number of oxime groups is 1. The van der Waals surface area contributed by atoms with E-state index in [9.17, 15) is 4.79 Å². The third-order valence-electron chi connectivity index (χ3n) is 4.39. The van der Waals surface area contributed by atoms with E-state index in [1.165, 1.54) is 5.69 Å². The van der Waals surface area contributed by atoms with Crippen LogP contribution >= 0.6 is 11.6 Å². The summed E-state index contributed by atoms with van der Waals surface area (Å²) in [5, 5.41) is 7.37. The summed E-state index contributed by atoms with van der Waals surface area (Å²) in [4.78, 5) is 19.1. The second-order valence-corrected chi connectivity index (χ2v) is 6.86. The van der Waals surface area contributed by atoms with Gasteiger partial charge in [-0.05, 0) is 41.8 Å². The van der Waals surface area contributed by atoms with Crippen LogP contribution in [0.25, 0.3) is 0 Å². The van der Waals surface area contributed by atoms with Crippen molar-refractivity contribution in [2.45, 2.75) is 6.42 Å². The lowest BCUT2D eigenvalue weighted by Gasteiger charge is -2.28. The number of rotatable bonds is 8. The van der Waals surface area contributed by atoms with Crippen LogP contribution in [0.3, 0.4) is 0 Å². The van der Waals surface area contributed by atoms with Gasteiger partial charge in [-0.15, -0.1) is 0 Å². The van der Waals surface area contributed by atoms with E-state index in [-0.39, 0.29) is 12.5 Å². The molecular weight excluding hydrogens is 378 g/mol.